The number of ether oxygens (including phenoxy) is 1. The number of hydrogen-bond acceptors (Lipinski definition) is 7. The van der Waals surface area contributed by atoms with E-state index in [0.717, 1.165) is 32.0 Å². The smallest absolute Gasteiger partial charge is 0.234 e. The van der Waals surface area contributed by atoms with Crippen LogP contribution in [0.4, 0.5) is 17.2 Å². The molecule has 1 aliphatic rings. The fourth-order valence-electron chi connectivity index (χ4n) is 3.66. The highest BCUT2D eigenvalue weighted by Crippen LogP contribution is 2.27. The molecule has 0 bridgehead atoms. The van der Waals surface area contributed by atoms with Gasteiger partial charge in [-0.2, -0.15) is 0 Å². The number of aromatic nitrogens is 2. The summed E-state index contributed by atoms with van der Waals surface area (Å²) < 4.78 is 5.12. The van der Waals surface area contributed by atoms with Crippen LogP contribution in [0, 0.1) is 6.92 Å². The lowest BCUT2D eigenvalue weighted by molar-refractivity contribution is -0.113. The maximum atomic E-state index is 12.3. The average molecular weight is 484 g/mol. The van der Waals surface area contributed by atoms with Crippen LogP contribution in [0.1, 0.15) is 5.56 Å². The number of methoxy groups -OCH3 is 1. The number of carbonyl (C=O) groups is 1. The van der Waals surface area contributed by atoms with Crippen molar-refractivity contribution in [2.75, 3.05) is 54.2 Å². The quantitative estimate of drug-likeness (QED) is 0.496. The van der Waals surface area contributed by atoms with E-state index in [1.54, 1.807) is 25.3 Å². The van der Waals surface area contributed by atoms with E-state index in [1.807, 2.05) is 12.1 Å². The zero-order chi connectivity index (χ0) is 23.2. The molecule has 0 atom stereocenters. The number of aryl methyl sites for hydroxylation is 1. The first-order chi connectivity index (χ1) is 16.0. The number of rotatable bonds is 7. The third-order valence-corrected chi connectivity index (χ3v) is 6.60. The van der Waals surface area contributed by atoms with Crippen molar-refractivity contribution in [3.05, 3.63) is 65.2 Å². The SMILES string of the molecule is COc1ccc(NC(=O)CSc2ccc(N3CCN(c4cccc(C)c4)CC3)nn2)cc1Cl. The molecule has 3 aromatic rings. The number of piperazine rings is 1. The van der Waals surface area contributed by atoms with Gasteiger partial charge in [-0.05, 0) is 55.0 Å². The molecule has 4 rings (SSSR count). The molecule has 0 unspecified atom stereocenters. The Morgan fingerprint density at radius 2 is 1.85 bits per heavy atom. The molecule has 7 nitrogen and oxygen atoms in total. The summed E-state index contributed by atoms with van der Waals surface area (Å²) in [5.41, 5.74) is 3.16. The van der Waals surface area contributed by atoms with Crippen LogP contribution in [0.2, 0.25) is 5.02 Å². The minimum Gasteiger partial charge on any atom is -0.495 e. The van der Waals surface area contributed by atoms with Gasteiger partial charge in [0, 0.05) is 37.6 Å². The summed E-state index contributed by atoms with van der Waals surface area (Å²) in [4.78, 5) is 16.9. The summed E-state index contributed by atoms with van der Waals surface area (Å²) in [6.07, 6.45) is 0. The molecule has 33 heavy (non-hydrogen) atoms. The Morgan fingerprint density at radius 1 is 1.06 bits per heavy atom. The van der Waals surface area contributed by atoms with Crippen molar-refractivity contribution in [3.8, 4) is 5.75 Å². The van der Waals surface area contributed by atoms with E-state index in [4.69, 9.17) is 16.3 Å². The van der Waals surface area contributed by atoms with Crippen LogP contribution in [0.25, 0.3) is 0 Å². The minimum atomic E-state index is -0.139. The predicted molar refractivity (Wildman–Crippen MR) is 135 cm³/mol. The van der Waals surface area contributed by atoms with Gasteiger partial charge in [0.05, 0.1) is 17.9 Å². The molecule has 1 aromatic heterocycles. The van der Waals surface area contributed by atoms with E-state index in [-0.39, 0.29) is 11.7 Å². The van der Waals surface area contributed by atoms with E-state index in [1.165, 1.54) is 23.0 Å². The standard InChI is InChI=1S/C24H26ClN5O2S/c1-17-4-3-5-19(14-17)29-10-12-30(13-11-29)22-8-9-24(28-27-22)33-16-23(31)26-18-6-7-21(32-2)20(25)15-18/h3-9,14-15H,10-13,16H2,1-2H3,(H,26,31). The van der Waals surface area contributed by atoms with Gasteiger partial charge in [-0.15, -0.1) is 10.2 Å². The van der Waals surface area contributed by atoms with Gasteiger partial charge in [0.1, 0.15) is 10.8 Å². The highest BCUT2D eigenvalue weighted by Gasteiger charge is 2.19. The molecule has 0 aliphatic carbocycles. The highest BCUT2D eigenvalue weighted by molar-refractivity contribution is 7.99. The summed E-state index contributed by atoms with van der Waals surface area (Å²) in [5.74, 6) is 1.52. The van der Waals surface area contributed by atoms with Crippen LogP contribution in [0.15, 0.2) is 59.6 Å². The number of benzene rings is 2. The zero-order valence-corrected chi connectivity index (χ0v) is 20.2. The van der Waals surface area contributed by atoms with Crippen molar-refractivity contribution in [1.82, 2.24) is 10.2 Å². The molecular weight excluding hydrogens is 458 g/mol. The maximum Gasteiger partial charge on any atom is 0.234 e. The van der Waals surface area contributed by atoms with Crippen LogP contribution in [0.3, 0.4) is 0 Å². The number of carbonyl (C=O) groups excluding carboxylic acids is 1. The van der Waals surface area contributed by atoms with Gasteiger partial charge in [0.15, 0.2) is 5.82 Å². The molecule has 0 spiro atoms. The first-order valence-electron chi connectivity index (χ1n) is 10.7. The van der Waals surface area contributed by atoms with E-state index >= 15 is 0 Å². The number of halogens is 1. The Labute approximate surface area is 203 Å². The molecule has 172 valence electrons. The van der Waals surface area contributed by atoms with Crippen molar-refractivity contribution in [1.29, 1.82) is 0 Å². The van der Waals surface area contributed by atoms with Gasteiger partial charge in [-0.1, -0.05) is 35.5 Å². The van der Waals surface area contributed by atoms with E-state index in [9.17, 15) is 4.79 Å². The first kappa shape index (κ1) is 23.2. The second-order valence-corrected chi connectivity index (χ2v) is 9.13. The molecule has 9 heteroatoms. The number of anilines is 3. The van der Waals surface area contributed by atoms with Crippen molar-refractivity contribution >= 4 is 46.5 Å². The fourth-order valence-corrected chi connectivity index (χ4v) is 4.53. The zero-order valence-electron chi connectivity index (χ0n) is 18.6. The summed E-state index contributed by atoms with van der Waals surface area (Å²) in [5, 5.41) is 12.7. The normalized spacial score (nSPS) is 13.7. The van der Waals surface area contributed by atoms with E-state index in [2.05, 4.69) is 56.5 Å². The Hall–Kier alpha value is -2.97. The fraction of sp³-hybridized carbons (Fsp3) is 0.292. The van der Waals surface area contributed by atoms with Crippen LogP contribution >= 0.6 is 23.4 Å². The van der Waals surface area contributed by atoms with E-state index < -0.39 is 0 Å². The summed E-state index contributed by atoms with van der Waals surface area (Å²) in [7, 11) is 1.55. The molecule has 1 amide bonds. The van der Waals surface area contributed by atoms with Crippen molar-refractivity contribution in [2.45, 2.75) is 11.9 Å². The van der Waals surface area contributed by atoms with Gasteiger partial charge in [-0.25, -0.2) is 0 Å². The lowest BCUT2D eigenvalue weighted by Gasteiger charge is -2.36. The van der Waals surface area contributed by atoms with Crippen LogP contribution in [0.5, 0.6) is 5.75 Å². The molecule has 1 N–H and O–H groups in total. The van der Waals surface area contributed by atoms with Crippen molar-refractivity contribution < 1.29 is 9.53 Å². The Bertz CT molecular complexity index is 1100. The molecule has 1 aliphatic heterocycles. The largest absolute Gasteiger partial charge is 0.495 e. The van der Waals surface area contributed by atoms with Gasteiger partial charge < -0.3 is 19.9 Å². The van der Waals surface area contributed by atoms with Crippen LogP contribution in [-0.4, -0.2) is 55.1 Å². The van der Waals surface area contributed by atoms with Crippen LogP contribution < -0.4 is 19.9 Å². The van der Waals surface area contributed by atoms with Crippen LogP contribution in [-0.2, 0) is 4.79 Å². The third-order valence-electron chi connectivity index (χ3n) is 5.38. The Balaban J connectivity index is 1.25. The Morgan fingerprint density at radius 3 is 2.52 bits per heavy atom. The molecule has 0 radical (unpaired) electrons. The van der Waals surface area contributed by atoms with E-state index in [0.29, 0.717) is 21.5 Å². The topological polar surface area (TPSA) is 70.6 Å². The molecular formula is C24H26ClN5O2S. The molecule has 0 saturated carbocycles. The number of nitrogens with one attached hydrogen (secondary N) is 1. The number of nitrogens with zero attached hydrogens (tertiary/aromatic N) is 4. The second-order valence-electron chi connectivity index (χ2n) is 7.73. The predicted octanol–water partition coefficient (Wildman–Crippen LogP) is 4.50. The molecule has 2 aromatic carbocycles. The summed E-state index contributed by atoms with van der Waals surface area (Å²) >= 11 is 7.45. The minimum absolute atomic E-state index is 0.139. The summed E-state index contributed by atoms with van der Waals surface area (Å²) in [6.45, 7) is 5.78. The van der Waals surface area contributed by atoms with Crippen molar-refractivity contribution in [2.24, 2.45) is 0 Å². The third kappa shape index (κ3) is 6.09. The lowest BCUT2D eigenvalue weighted by Crippen LogP contribution is -2.46. The monoisotopic (exact) mass is 483 g/mol. The molecule has 2 heterocycles. The number of thioether (sulfide) groups is 1. The summed E-state index contributed by atoms with van der Waals surface area (Å²) in [6, 6.07) is 17.6. The molecule has 1 saturated heterocycles. The maximum absolute atomic E-state index is 12.3. The van der Waals surface area contributed by atoms with Gasteiger partial charge in [-0.3, -0.25) is 4.79 Å². The molecule has 1 fully saturated rings. The van der Waals surface area contributed by atoms with Gasteiger partial charge in [0.2, 0.25) is 5.91 Å². The lowest BCUT2D eigenvalue weighted by atomic mass is 10.2. The second kappa shape index (κ2) is 10.8. The first-order valence-corrected chi connectivity index (χ1v) is 12.0. The van der Waals surface area contributed by atoms with Crippen molar-refractivity contribution in [3.63, 3.8) is 0 Å². The highest BCUT2D eigenvalue weighted by atomic mass is 35.5. The number of amides is 1. The average Bonchev–Trinajstić information content (AvgIpc) is 2.83. The van der Waals surface area contributed by atoms with Gasteiger partial charge >= 0.3 is 0 Å². The number of hydrogen-bond donors (Lipinski definition) is 1. The van der Waals surface area contributed by atoms with Gasteiger partial charge in [0.25, 0.3) is 0 Å². The Kier molecular flexibility index (Phi) is 7.57.